The number of likely N-dealkylation sites (tertiary alicyclic amines) is 1. The number of benzene rings is 1. The SMILES string of the molecule is O=C(c1ccc(OC(F)F)cc1)N1CCCC(CN2CCOCC2)C1. The van der Waals surface area contributed by atoms with E-state index < -0.39 is 6.61 Å². The fourth-order valence-electron chi connectivity index (χ4n) is 3.51. The van der Waals surface area contributed by atoms with Gasteiger partial charge in [-0.3, -0.25) is 9.69 Å². The average Bonchev–Trinajstić information content (AvgIpc) is 2.62. The summed E-state index contributed by atoms with van der Waals surface area (Å²) < 4.78 is 34.1. The molecule has 3 rings (SSSR count). The molecule has 7 heteroatoms. The van der Waals surface area contributed by atoms with Gasteiger partial charge in [-0.15, -0.1) is 0 Å². The minimum Gasteiger partial charge on any atom is -0.435 e. The lowest BCUT2D eigenvalue weighted by molar-refractivity contribution is -0.0498. The molecule has 1 aromatic rings. The van der Waals surface area contributed by atoms with Crippen LogP contribution in [0.3, 0.4) is 0 Å². The molecule has 2 aliphatic rings. The van der Waals surface area contributed by atoms with Crippen molar-refractivity contribution in [1.29, 1.82) is 0 Å². The summed E-state index contributed by atoms with van der Waals surface area (Å²) in [6, 6.07) is 5.92. The molecule has 1 amide bonds. The summed E-state index contributed by atoms with van der Waals surface area (Å²) in [7, 11) is 0. The molecule has 0 radical (unpaired) electrons. The van der Waals surface area contributed by atoms with Gasteiger partial charge in [0.05, 0.1) is 13.2 Å². The Balaban J connectivity index is 1.55. The van der Waals surface area contributed by atoms with Crippen molar-refractivity contribution >= 4 is 5.91 Å². The largest absolute Gasteiger partial charge is 0.435 e. The molecule has 2 heterocycles. The van der Waals surface area contributed by atoms with Crippen LogP contribution in [-0.4, -0.2) is 68.3 Å². The monoisotopic (exact) mass is 354 g/mol. The first-order chi connectivity index (χ1) is 12.1. The normalized spacial score (nSPS) is 22.2. The van der Waals surface area contributed by atoms with Crippen LogP contribution in [0.15, 0.2) is 24.3 Å². The molecule has 0 spiro atoms. The van der Waals surface area contributed by atoms with Crippen LogP contribution >= 0.6 is 0 Å². The van der Waals surface area contributed by atoms with Crippen LogP contribution in [0.1, 0.15) is 23.2 Å². The molecule has 0 aromatic heterocycles. The zero-order valence-electron chi connectivity index (χ0n) is 14.2. The fraction of sp³-hybridized carbons (Fsp3) is 0.611. The van der Waals surface area contributed by atoms with Crippen molar-refractivity contribution in [1.82, 2.24) is 9.80 Å². The highest BCUT2D eigenvalue weighted by Crippen LogP contribution is 2.21. The lowest BCUT2D eigenvalue weighted by Crippen LogP contribution is -2.46. The Kier molecular flexibility index (Phi) is 6.20. The van der Waals surface area contributed by atoms with Crippen LogP contribution in [0.25, 0.3) is 0 Å². The molecule has 0 saturated carbocycles. The highest BCUT2D eigenvalue weighted by molar-refractivity contribution is 5.94. The number of carbonyl (C=O) groups is 1. The minimum atomic E-state index is -2.86. The van der Waals surface area contributed by atoms with Gasteiger partial charge in [0.15, 0.2) is 0 Å². The van der Waals surface area contributed by atoms with Crippen LogP contribution in [0.5, 0.6) is 5.75 Å². The minimum absolute atomic E-state index is 0.0460. The standard InChI is InChI=1S/C18H24F2N2O3/c19-18(20)25-16-5-3-15(4-6-16)17(23)22-7-1-2-14(13-22)12-21-8-10-24-11-9-21/h3-6,14,18H,1-2,7-13H2. The second kappa shape index (κ2) is 8.58. The Hall–Kier alpha value is -1.73. The molecule has 2 saturated heterocycles. The summed E-state index contributed by atoms with van der Waals surface area (Å²) in [5.41, 5.74) is 0.508. The number of morpholine rings is 1. The number of ether oxygens (including phenoxy) is 2. The quantitative estimate of drug-likeness (QED) is 0.815. The predicted octanol–water partition coefficient (Wildman–Crippen LogP) is 2.47. The van der Waals surface area contributed by atoms with E-state index in [9.17, 15) is 13.6 Å². The lowest BCUT2D eigenvalue weighted by atomic mass is 9.96. The van der Waals surface area contributed by atoms with Gasteiger partial charge in [-0.25, -0.2) is 0 Å². The Morgan fingerprint density at radius 3 is 2.60 bits per heavy atom. The van der Waals surface area contributed by atoms with Crippen molar-refractivity contribution in [2.45, 2.75) is 19.5 Å². The summed E-state index contributed by atoms with van der Waals surface area (Å²) in [6.07, 6.45) is 2.12. The molecule has 25 heavy (non-hydrogen) atoms. The zero-order chi connectivity index (χ0) is 17.6. The molecule has 0 N–H and O–H groups in total. The third-order valence-corrected chi connectivity index (χ3v) is 4.75. The van der Waals surface area contributed by atoms with Gasteiger partial charge in [0.2, 0.25) is 0 Å². The predicted molar refractivity (Wildman–Crippen MR) is 89.0 cm³/mol. The molecule has 1 unspecified atom stereocenters. The third-order valence-electron chi connectivity index (χ3n) is 4.75. The van der Waals surface area contributed by atoms with E-state index in [4.69, 9.17) is 4.74 Å². The number of hydrogen-bond acceptors (Lipinski definition) is 4. The Labute approximate surface area is 146 Å². The van der Waals surface area contributed by atoms with Crippen molar-refractivity contribution < 1.29 is 23.0 Å². The molecular formula is C18H24F2N2O3. The van der Waals surface area contributed by atoms with Gasteiger partial charge in [-0.2, -0.15) is 8.78 Å². The highest BCUT2D eigenvalue weighted by Gasteiger charge is 2.26. The van der Waals surface area contributed by atoms with E-state index in [-0.39, 0.29) is 11.7 Å². The van der Waals surface area contributed by atoms with E-state index in [1.54, 1.807) is 12.1 Å². The molecule has 2 fully saturated rings. The zero-order valence-corrected chi connectivity index (χ0v) is 14.2. The number of piperidine rings is 1. The van der Waals surface area contributed by atoms with Gasteiger partial charge in [-0.1, -0.05) is 0 Å². The van der Waals surface area contributed by atoms with Gasteiger partial charge in [-0.05, 0) is 43.0 Å². The van der Waals surface area contributed by atoms with E-state index in [0.717, 1.165) is 58.8 Å². The first-order valence-electron chi connectivity index (χ1n) is 8.76. The Morgan fingerprint density at radius 1 is 1.20 bits per heavy atom. The third kappa shape index (κ3) is 5.12. The maximum atomic E-state index is 12.7. The smallest absolute Gasteiger partial charge is 0.387 e. The van der Waals surface area contributed by atoms with Crippen molar-refractivity contribution in [3.05, 3.63) is 29.8 Å². The van der Waals surface area contributed by atoms with Crippen molar-refractivity contribution in [2.24, 2.45) is 5.92 Å². The van der Waals surface area contributed by atoms with Gasteiger partial charge < -0.3 is 14.4 Å². The maximum Gasteiger partial charge on any atom is 0.387 e. The van der Waals surface area contributed by atoms with Gasteiger partial charge in [0.25, 0.3) is 5.91 Å². The molecule has 0 aliphatic carbocycles. The number of nitrogens with zero attached hydrogens (tertiary/aromatic N) is 2. The van der Waals surface area contributed by atoms with E-state index in [0.29, 0.717) is 11.5 Å². The maximum absolute atomic E-state index is 12.7. The van der Waals surface area contributed by atoms with E-state index in [1.807, 2.05) is 4.90 Å². The van der Waals surface area contributed by atoms with Gasteiger partial charge in [0.1, 0.15) is 5.75 Å². The topological polar surface area (TPSA) is 42.0 Å². The molecule has 2 aliphatic heterocycles. The van der Waals surface area contributed by atoms with E-state index in [1.165, 1.54) is 12.1 Å². The van der Waals surface area contributed by atoms with Gasteiger partial charge in [0, 0.05) is 38.3 Å². The summed E-state index contributed by atoms with van der Waals surface area (Å²) in [4.78, 5) is 16.9. The second-order valence-corrected chi connectivity index (χ2v) is 6.58. The van der Waals surface area contributed by atoms with Crippen molar-refractivity contribution in [2.75, 3.05) is 45.9 Å². The summed E-state index contributed by atoms with van der Waals surface area (Å²) >= 11 is 0. The van der Waals surface area contributed by atoms with Crippen molar-refractivity contribution in [3.63, 3.8) is 0 Å². The summed E-state index contributed by atoms with van der Waals surface area (Å²) in [6.45, 7) is 3.09. The molecule has 5 nitrogen and oxygen atoms in total. The van der Waals surface area contributed by atoms with E-state index in [2.05, 4.69) is 9.64 Å². The second-order valence-electron chi connectivity index (χ2n) is 6.58. The van der Waals surface area contributed by atoms with Crippen LogP contribution < -0.4 is 4.74 Å². The van der Waals surface area contributed by atoms with Crippen LogP contribution in [0.4, 0.5) is 8.78 Å². The number of hydrogen-bond donors (Lipinski definition) is 0. The highest BCUT2D eigenvalue weighted by atomic mass is 19.3. The Morgan fingerprint density at radius 2 is 1.92 bits per heavy atom. The van der Waals surface area contributed by atoms with Crippen LogP contribution in [-0.2, 0) is 4.74 Å². The van der Waals surface area contributed by atoms with E-state index >= 15 is 0 Å². The molecular weight excluding hydrogens is 330 g/mol. The molecule has 0 bridgehead atoms. The summed E-state index contributed by atoms with van der Waals surface area (Å²) in [5.74, 6) is 0.489. The number of carbonyl (C=O) groups excluding carboxylic acids is 1. The fourth-order valence-corrected chi connectivity index (χ4v) is 3.51. The molecule has 138 valence electrons. The first kappa shape index (κ1) is 18.1. The molecule has 1 aromatic carbocycles. The van der Waals surface area contributed by atoms with Crippen LogP contribution in [0, 0.1) is 5.92 Å². The number of rotatable bonds is 5. The summed E-state index contributed by atoms with van der Waals surface area (Å²) in [5, 5.41) is 0. The lowest BCUT2D eigenvalue weighted by Gasteiger charge is -2.36. The average molecular weight is 354 g/mol. The van der Waals surface area contributed by atoms with Gasteiger partial charge >= 0.3 is 6.61 Å². The first-order valence-corrected chi connectivity index (χ1v) is 8.76. The van der Waals surface area contributed by atoms with Crippen LogP contribution in [0.2, 0.25) is 0 Å². The van der Waals surface area contributed by atoms with Crippen molar-refractivity contribution in [3.8, 4) is 5.75 Å². The molecule has 1 atom stereocenters. The number of halogens is 2. The Bertz CT molecular complexity index is 562. The number of alkyl halides is 2. The number of amides is 1.